The van der Waals surface area contributed by atoms with E-state index in [1.165, 1.54) is 5.56 Å². The fraction of sp³-hybridized carbons (Fsp3) is 0.350. The maximum atomic E-state index is 11.3. The van der Waals surface area contributed by atoms with Crippen LogP contribution < -0.4 is 11.1 Å². The lowest BCUT2D eigenvalue weighted by Crippen LogP contribution is -2.38. The largest absolute Gasteiger partial charge is 0.382 e. The van der Waals surface area contributed by atoms with Gasteiger partial charge in [-0.05, 0) is 49.1 Å². The van der Waals surface area contributed by atoms with Crippen LogP contribution in [0.3, 0.4) is 0 Å². The predicted molar refractivity (Wildman–Crippen MR) is 98.1 cm³/mol. The van der Waals surface area contributed by atoms with Crippen LogP contribution in [0.15, 0.2) is 48.5 Å². The molecule has 1 amide bonds. The minimum atomic E-state index is -0.367. The molecule has 4 nitrogen and oxygen atoms in total. The number of likely N-dealkylation sites (tertiary alicyclic amines) is 1. The first-order valence-corrected chi connectivity index (χ1v) is 8.55. The molecule has 3 N–H and O–H groups in total. The molecule has 0 aromatic heterocycles. The molecule has 1 aliphatic rings. The summed E-state index contributed by atoms with van der Waals surface area (Å²) in [5.74, 6) is -0.367. The van der Waals surface area contributed by atoms with Crippen LogP contribution >= 0.6 is 0 Å². The van der Waals surface area contributed by atoms with Crippen molar-refractivity contribution in [2.24, 2.45) is 5.73 Å². The third-order valence-corrected chi connectivity index (χ3v) is 4.70. The summed E-state index contributed by atoms with van der Waals surface area (Å²) in [5.41, 5.74) is 9.33. The summed E-state index contributed by atoms with van der Waals surface area (Å²) in [4.78, 5) is 13.8. The number of nitrogens with zero attached hydrogens (tertiary/aromatic N) is 1. The van der Waals surface area contributed by atoms with Crippen LogP contribution in [0.5, 0.6) is 0 Å². The maximum Gasteiger partial charge on any atom is 0.248 e. The highest BCUT2D eigenvalue weighted by molar-refractivity contribution is 5.94. The minimum Gasteiger partial charge on any atom is -0.382 e. The smallest absolute Gasteiger partial charge is 0.248 e. The van der Waals surface area contributed by atoms with E-state index in [1.54, 1.807) is 0 Å². The van der Waals surface area contributed by atoms with Gasteiger partial charge in [0.2, 0.25) is 5.91 Å². The zero-order valence-electron chi connectivity index (χ0n) is 14.2. The Labute approximate surface area is 143 Å². The number of hydrogen-bond acceptors (Lipinski definition) is 3. The van der Waals surface area contributed by atoms with Gasteiger partial charge < -0.3 is 11.1 Å². The third-order valence-electron chi connectivity index (χ3n) is 4.70. The van der Waals surface area contributed by atoms with Crippen molar-refractivity contribution in [3.63, 3.8) is 0 Å². The van der Waals surface area contributed by atoms with Crippen molar-refractivity contribution in [2.45, 2.75) is 32.4 Å². The molecule has 1 heterocycles. The Morgan fingerprint density at radius 1 is 1.17 bits per heavy atom. The second-order valence-electron chi connectivity index (χ2n) is 6.57. The van der Waals surface area contributed by atoms with E-state index in [1.807, 2.05) is 25.1 Å². The first-order chi connectivity index (χ1) is 11.6. The van der Waals surface area contributed by atoms with E-state index >= 15 is 0 Å². The molecule has 2 aromatic carbocycles. The zero-order valence-corrected chi connectivity index (χ0v) is 14.2. The molecule has 1 saturated heterocycles. The quantitative estimate of drug-likeness (QED) is 0.888. The number of piperidine rings is 1. The lowest BCUT2D eigenvalue weighted by molar-refractivity contribution is 0.1000. The SMILES string of the molecule is Cc1cc(NC2CCN(Cc3ccccc3)CC2)ccc1C(N)=O. The molecule has 3 rings (SSSR count). The number of amides is 1. The van der Waals surface area contributed by atoms with Gasteiger partial charge in [0.1, 0.15) is 0 Å². The fourth-order valence-corrected chi connectivity index (χ4v) is 3.34. The van der Waals surface area contributed by atoms with Gasteiger partial charge in [0.05, 0.1) is 0 Å². The lowest BCUT2D eigenvalue weighted by atomic mass is 10.0. The molecule has 0 unspecified atom stereocenters. The molecule has 0 saturated carbocycles. The van der Waals surface area contributed by atoms with Gasteiger partial charge >= 0.3 is 0 Å². The van der Waals surface area contributed by atoms with Crippen LogP contribution in [0.25, 0.3) is 0 Å². The summed E-state index contributed by atoms with van der Waals surface area (Å²) in [5, 5.41) is 3.59. The van der Waals surface area contributed by atoms with Crippen LogP contribution in [-0.2, 0) is 6.54 Å². The summed E-state index contributed by atoms with van der Waals surface area (Å²) in [6.45, 7) is 5.16. The molecule has 126 valence electrons. The average molecular weight is 323 g/mol. The molecule has 1 aliphatic heterocycles. The van der Waals surface area contributed by atoms with Crippen molar-refractivity contribution in [1.29, 1.82) is 0 Å². The van der Waals surface area contributed by atoms with Gasteiger partial charge in [0, 0.05) is 36.9 Å². The molecule has 0 radical (unpaired) electrons. The van der Waals surface area contributed by atoms with Crippen molar-refractivity contribution in [2.75, 3.05) is 18.4 Å². The number of carbonyl (C=O) groups is 1. The number of nitrogens with two attached hydrogens (primary N) is 1. The van der Waals surface area contributed by atoms with Crippen molar-refractivity contribution in [3.8, 4) is 0 Å². The number of hydrogen-bond donors (Lipinski definition) is 2. The van der Waals surface area contributed by atoms with Crippen LogP contribution in [0.4, 0.5) is 5.69 Å². The Bertz CT molecular complexity index is 691. The number of anilines is 1. The molecule has 0 atom stereocenters. The molecule has 24 heavy (non-hydrogen) atoms. The molecule has 1 fully saturated rings. The van der Waals surface area contributed by atoms with Crippen molar-refractivity contribution < 1.29 is 4.79 Å². The molecule has 2 aromatic rings. The van der Waals surface area contributed by atoms with Crippen molar-refractivity contribution in [3.05, 3.63) is 65.2 Å². The van der Waals surface area contributed by atoms with Crippen molar-refractivity contribution >= 4 is 11.6 Å². The number of carbonyl (C=O) groups excluding carboxylic acids is 1. The van der Waals surface area contributed by atoms with Gasteiger partial charge in [-0.3, -0.25) is 9.69 Å². The van der Waals surface area contributed by atoms with Gasteiger partial charge in [-0.1, -0.05) is 30.3 Å². The molecule has 0 spiro atoms. The van der Waals surface area contributed by atoms with E-state index in [4.69, 9.17) is 5.73 Å². The molecular formula is C20H25N3O. The van der Waals surface area contributed by atoms with E-state index in [-0.39, 0.29) is 5.91 Å². The second kappa shape index (κ2) is 7.49. The Kier molecular flexibility index (Phi) is 5.16. The summed E-state index contributed by atoms with van der Waals surface area (Å²) >= 11 is 0. The molecule has 4 heteroatoms. The third kappa shape index (κ3) is 4.15. The Morgan fingerprint density at radius 3 is 2.50 bits per heavy atom. The van der Waals surface area contributed by atoms with Gasteiger partial charge in [-0.2, -0.15) is 0 Å². The normalized spacial score (nSPS) is 16.0. The van der Waals surface area contributed by atoms with E-state index in [0.717, 1.165) is 43.7 Å². The van der Waals surface area contributed by atoms with Crippen LogP contribution in [0.1, 0.15) is 34.3 Å². The molecular weight excluding hydrogens is 298 g/mol. The Balaban J connectivity index is 1.52. The minimum absolute atomic E-state index is 0.367. The highest BCUT2D eigenvalue weighted by atomic mass is 16.1. The lowest BCUT2D eigenvalue weighted by Gasteiger charge is -2.33. The monoisotopic (exact) mass is 323 g/mol. The number of primary amides is 1. The predicted octanol–water partition coefficient (Wildman–Crippen LogP) is 3.17. The zero-order chi connectivity index (χ0) is 16.9. The number of benzene rings is 2. The van der Waals surface area contributed by atoms with Crippen LogP contribution in [-0.4, -0.2) is 29.9 Å². The van der Waals surface area contributed by atoms with Gasteiger partial charge in [0.15, 0.2) is 0 Å². The van der Waals surface area contributed by atoms with E-state index in [9.17, 15) is 4.79 Å². The maximum absolute atomic E-state index is 11.3. The second-order valence-corrected chi connectivity index (χ2v) is 6.57. The van der Waals surface area contributed by atoms with Crippen LogP contribution in [0, 0.1) is 6.92 Å². The first-order valence-electron chi connectivity index (χ1n) is 8.55. The number of rotatable bonds is 5. The Morgan fingerprint density at radius 2 is 1.88 bits per heavy atom. The number of nitrogens with one attached hydrogen (secondary N) is 1. The summed E-state index contributed by atoms with van der Waals surface area (Å²) in [6, 6.07) is 16.9. The topological polar surface area (TPSA) is 58.4 Å². The highest BCUT2D eigenvalue weighted by Gasteiger charge is 2.19. The molecule has 0 aliphatic carbocycles. The van der Waals surface area contributed by atoms with Crippen molar-refractivity contribution in [1.82, 2.24) is 4.90 Å². The summed E-state index contributed by atoms with van der Waals surface area (Å²) < 4.78 is 0. The Hall–Kier alpha value is -2.33. The van der Waals surface area contributed by atoms with E-state index < -0.39 is 0 Å². The highest BCUT2D eigenvalue weighted by Crippen LogP contribution is 2.20. The fourth-order valence-electron chi connectivity index (χ4n) is 3.34. The number of aryl methyl sites for hydroxylation is 1. The summed E-state index contributed by atoms with van der Waals surface area (Å²) in [6.07, 6.45) is 2.26. The average Bonchev–Trinajstić information content (AvgIpc) is 2.57. The van der Waals surface area contributed by atoms with E-state index in [0.29, 0.717) is 11.6 Å². The van der Waals surface area contributed by atoms with Gasteiger partial charge in [-0.15, -0.1) is 0 Å². The van der Waals surface area contributed by atoms with Crippen LogP contribution in [0.2, 0.25) is 0 Å². The summed E-state index contributed by atoms with van der Waals surface area (Å²) in [7, 11) is 0. The standard InChI is InChI=1S/C20H25N3O/c1-15-13-18(7-8-19(15)20(21)24)22-17-9-11-23(12-10-17)14-16-5-3-2-4-6-16/h2-8,13,17,22H,9-12,14H2,1H3,(H2,21,24). The molecule has 0 bridgehead atoms. The van der Waals surface area contributed by atoms with Gasteiger partial charge in [-0.25, -0.2) is 0 Å². The van der Waals surface area contributed by atoms with Gasteiger partial charge in [0.25, 0.3) is 0 Å². The van der Waals surface area contributed by atoms with E-state index in [2.05, 4.69) is 40.5 Å². The first kappa shape index (κ1) is 16.5.